The molecule has 1 heterocycles. The molecule has 22 heavy (non-hydrogen) atoms. The highest BCUT2D eigenvalue weighted by atomic mass is 16.3. The lowest BCUT2D eigenvalue weighted by atomic mass is 9.68. The third kappa shape index (κ3) is 2.02. The first-order valence-electron chi connectivity index (χ1n) is 8.11. The normalized spacial score (nSPS) is 36.9. The third-order valence-corrected chi connectivity index (χ3v) is 5.90. The van der Waals surface area contributed by atoms with Gasteiger partial charge in [-0.1, -0.05) is 54.3 Å². The van der Waals surface area contributed by atoms with Crippen molar-refractivity contribution >= 4 is 0 Å². The maximum atomic E-state index is 11.3. The maximum Gasteiger partial charge on any atom is 0.299 e. The Morgan fingerprint density at radius 1 is 1.36 bits per heavy atom. The summed E-state index contributed by atoms with van der Waals surface area (Å²) in [7, 11) is 0. The van der Waals surface area contributed by atoms with Crippen LogP contribution in [0, 0.1) is 6.57 Å². The van der Waals surface area contributed by atoms with E-state index < -0.39 is 5.60 Å². The van der Waals surface area contributed by atoms with Gasteiger partial charge in [-0.3, -0.25) is 5.32 Å². The summed E-state index contributed by atoms with van der Waals surface area (Å²) in [5, 5.41) is 15.0. The zero-order valence-electron chi connectivity index (χ0n) is 13.3. The van der Waals surface area contributed by atoms with Crippen molar-refractivity contribution in [3.05, 3.63) is 53.4 Å². The summed E-state index contributed by atoms with van der Waals surface area (Å²) in [6.07, 6.45) is 6.70. The fourth-order valence-corrected chi connectivity index (χ4v) is 4.40. The van der Waals surface area contributed by atoms with Crippen molar-refractivity contribution in [3.63, 3.8) is 0 Å². The van der Waals surface area contributed by atoms with Crippen molar-refractivity contribution in [2.24, 2.45) is 0 Å². The highest BCUT2D eigenvalue weighted by Crippen LogP contribution is 2.50. The van der Waals surface area contributed by atoms with Crippen molar-refractivity contribution in [2.75, 3.05) is 0 Å². The first kappa shape index (κ1) is 15.3. The van der Waals surface area contributed by atoms with Crippen LogP contribution in [0.25, 0.3) is 4.85 Å². The first-order valence-corrected chi connectivity index (χ1v) is 8.11. The van der Waals surface area contributed by atoms with Crippen LogP contribution in [-0.2, 0) is 5.60 Å². The fourth-order valence-electron chi connectivity index (χ4n) is 4.40. The molecule has 116 valence electrons. The molecule has 1 saturated heterocycles. The van der Waals surface area contributed by atoms with Crippen LogP contribution in [-0.4, -0.2) is 22.2 Å². The van der Waals surface area contributed by atoms with Crippen LogP contribution in [0.15, 0.2) is 43.0 Å². The van der Waals surface area contributed by atoms with Gasteiger partial charge >= 0.3 is 0 Å². The monoisotopic (exact) mass is 297 g/mol. The lowest BCUT2D eigenvalue weighted by Gasteiger charge is -2.36. The van der Waals surface area contributed by atoms with Gasteiger partial charge in [0.05, 0.1) is 18.0 Å². The molecule has 0 bridgehead atoms. The average Bonchev–Trinajstić information content (AvgIpc) is 2.89. The molecule has 0 radical (unpaired) electrons. The summed E-state index contributed by atoms with van der Waals surface area (Å²) >= 11 is 0. The minimum Gasteiger partial charge on any atom is -0.379 e. The Morgan fingerprint density at radius 2 is 2.05 bits per heavy atom. The Kier molecular flexibility index (Phi) is 3.63. The summed E-state index contributed by atoms with van der Waals surface area (Å²) in [4.78, 5) is 4.30. The highest BCUT2D eigenvalue weighted by molar-refractivity contribution is 5.34. The number of fused-ring (bicyclic) bond motifs is 1. The topological polar surface area (TPSA) is 36.6 Å². The van der Waals surface area contributed by atoms with E-state index in [2.05, 4.69) is 23.7 Å². The number of hydrogen-bond acceptors (Lipinski definition) is 2. The molecule has 3 nitrogen and oxygen atoms in total. The summed E-state index contributed by atoms with van der Waals surface area (Å²) < 4.78 is 0. The molecule has 1 aromatic rings. The van der Waals surface area contributed by atoms with Crippen molar-refractivity contribution in [1.29, 1.82) is 0 Å². The van der Waals surface area contributed by atoms with Crippen LogP contribution in [0.2, 0.25) is 0 Å². The molecule has 4 atom stereocenters. The zero-order chi connectivity index (χ0) is 15.8. The SMILES string of the molecule is C#[N+][C@@]12CCCC[C@]1(C)NC([C@@](O)(C=C)c1ccccc1)C2. The van der Waals surface area contributed by atoms with Crippen LogP contribution in [0.3, 0.4) is 0 Å². The lowest BCUT2D eigenvalue weighted by molar-refractivity contribution is 0.0475. The van der Waals surface area contributed by atoms with Crippen molar-refractivity contribution in [1.82, 2.24) is 5.32 Å². The number of rotatable bonds is 3. The van der Waals surface area contributed by atoms with Crippen molar-refractivity contribution in [3.8, 4) is 6.57 Å². The molecule has 3 rings (SSSR count). The van der Waals surface area contributed by atoms with Gasteiger partial charge in [-0.2, -0.15) is 0 Å². The zero-order valence-corrected chi connectivity index (χ0v) is 13.3. The maximum absolute atomic E-state index is 11.3. The van der Waals surface area contributed by atoms with Gasteiger partial charge in [0.1, 0.15) is 5.60 Å². The summed E-state index contributed by atoms with van der Waals surface area (Å²) in [6, 6.07) is 9.59. The van der Waals surface area contributed by atoms with Gasteiger partial charge in [-0.25, -0.2) is 0 Å². The minimum absolute atomic E-state index is 0.136. The molecule has 1 unspecified atom stereocenters. The summed E-state index contributed by atoms with van der Waals surface area (Å²) in [5.41, 5.74) is -0.700. The number of hydrogen-bond donors (Lipinski definition) is 2. The number of nitrogens with one attached hydrogen (secondary N) is 1. The van der Waals surface area contributed by atoms with E-state index in [9.17, 15) is 5.11 Å². The van der Waals surface area contributed by atoms with E-state index in [1.54, 1.807) is 6.08 Å². The van der Waals surface area contributed by atoms with E-state index in [0.29, 0.717) is 0 Å². The Hall–Kier alpha value is -1.63. The average molecular weight is 297 g/mol. The van der Waals surface area contributed by atoms with Gasteiger partial charge in [0, 0.05) is 6.42 Å². The molecule has 0 spiro atoms. The molecule has 0 amide bonds. The third-order valence-electron chi connectivity index (χ3n) is 5.90. The summed E-state index contributed by atoms with van der Waals surface area (Å²) in [6.45, 7) is 11.9. The molecule has 2 aliphatic rings. The van der Waals surface area contributed by atoms with E-state index in [-0.39, 0.29) is 17.1 Å². The molecule has 0 aromatic heterocycles. The Bertz CT molecular complexity index is 608. The molecule has 1 aromatic carbocycles. The van der Waals surface area contributed by atoms with Gasteiger partial charge < -0.3 is 5.11 Å². The predicted molar refractivity (Wildman–Crippen MR) is 90.0 cm³/mol. The van der Waals surface area contributed by atoms with Crippen LogP contribution in [0.4, 0.5) is 0 Å². The second kappa shape index (κ2) is 5.22. The van der Waals surface area contributed by atoms with Gasteiger partial charge in [-0.15, -0.1) is 0 Å². The van der Waals surface area contributed by atoms with E-state index in [0.717, 1.165) is 31.2 Å². The molecule has 2 N–H and O–H groups in total. The predicted octanol–water partition coefficient (Wildman–Crippen LogP) is 3.46. The molecular weight excluding hydrogens is 272 g/mol. The molecule has 1 aliphatic heterocycles. The lowest BCUT2D eigenvalue weighted by Crippen LogP contribution is -2.56. The quantitative estimate of drug-likeness (QED) is 0.838. The van der Waals surface area contributed by atoms with Crippen LogP contribution in [0.5, 0.6) is 0 Å². The van der Waals surface area contributed by atoms with Crippen LogP contribution >= 0.6 is 0 Å². The van der Waals surface area contributed by atoms with E-state index in [1.165, 1.54) is 6.42 Å². The van der Waals surface area contributed by atoms with Crippen molar-refractivity contribution < 1.29 is 5.11 Å². The standard InChI is InChI=1S/C19H25N2O/c1-4-19(22,15-10-6-5-7-11-15)16-14-18(20-3)13-9-8-12-17(18,2)21-16/h3-7,10-11,16,21-22H,1,8-9,12-14H2,2H3/q+1/t16?,17-,18+,19+/m0/s1. The van der Waals surface area contributed by atoms with Crippen LogP contribution < -0.4 is 5.32 Å². The summed E-state index contributed by atoms with van der Waals surface area (Å²) in [5.74, 6) is 0. The molecular formula is C19H25N2O+. The van der Waals surface area contributed by atoms with E-state index in [4.69, 9.17) is 6.57 Å². The van der Waals surface area contributed by atoms with Gasteiger partial charge in [0.15, 0.2) is 0 Å². The Balaban J connectivity index is 1.99. The van der Waals surface area contributed by atoms with Crippen molar-refractivity contribution in [2.45, 2.75) is 61.7 Å². The van der Waals surface area contributed by atoms with Gasteiger partial charge in [0.2, 0.25) is 0 Å². The number of nitrogens with zero attached hydrogens (tertiary/aromatic N) is 1. The largest absolute Gasteiger partial charge is 0.379 e. The molecule has 1 saturated carbocycles. The number of aliphatic hydroxyl groups is 1. The second-order valence-electron chi connectivity index (χ2n) is 7.00. The van der Waals surface area contributed by atoms with Gasteiger partial charge in [-0.05, 0) is 25.3 Å². The second-order valence-corrected chi connectivity index (χ2v) is 7.00. The molecule has 2 fully saturated rings. The van der Waals surface area contributed by atoms with E-state index in [1.807, 2.05) is 30.3 Å². The smallest absolute Gasteiger partial charge is 0.299 e. The first-order chi connectivity index (χ1) is 10.5. The highest BCUT2D eigenvalue weighted by Gasteiger charge is 2.67. The Morgan fingerprint density at radius 3 is 2.64 bits per heavy atom. The minimum atomic E-state index is -1.11. The van der Waals surface area contributed by atoms with Crippen LogP contribution in [0.1, 0.15) is 44.6 Å². The molecule has 3 heteroatoms. The fraction of sp³-hybridized carbons (Fsp3) is 0.526. The molecule has 1 aliphatic carbocycles. The van der Waals surface area contributed by atoms with Gasteiger partial charge in [0.25, 0.3) is 12.1 Å². The number of benzene rings is 1. The van der Waals surface area contributed by atoms with E-state index >= 15 is 0 Å². The Labute approximate surface area is 132 Å².